The molecule has 2 fully saturated rings. The maximum Gasteiger partial charge on any atom is 0.271 e. The van der Waals surface area contributed by atoms with Crippen molar-refractivity contribution in [1.82, 2.24) is 15.1 Å². The van der Waals surface area contributed by atoms with E-state index in [1.807, 2.05) is 10.7 Å². The number of carbonyl (C=O) groups excluding carboxylic acids is 1. The van der Waals surface area contributed by atoms with Gasteiger partial charge in [-0.1, -0.05) is 0 Å². The summed E-state index contributed by atoms with van der Waals surface area (Å²) in [6.07, 6.45) is 4.52. The molecule has 1 unspecified atom stereocenters. The minimum atomic E-state index is -2.97. The van der Waals surface area contributed by atoms with Crippen LogP contribution in [0.4, 0.5) is 0 Å². The highest BCUT2D eigenvalue weighted by atomic mass is 32.2. The molecule has 2 aliphatic rings. The van der Waals surface area contributed by atoms with Crippen molar-refractivity contribution in [3.05, 3.63) is 17.5 Å². The van der Waals surface area contributed by atoms with Gasteiger partial charge in [0.05, 0.1) is 17.5 Å². The lowest BCUT2D eigenvalue weighted by atomic mass is 10.2. The van der Waals surface area contributed by atoms with Crippen LogP contribution >= 0.6 is 0 Å². The van der Waals surface area contributed by atoms with Crippen molar-refractivity contribution in [1.29, 1.82) is 0 Å². The second-order valence-corrected chi connectivity index (χ2v) is 8.91. The average molecular weight is 355 g/mol. The fourth-order valence-electron chi connectivity index (χ4n) is 3.13. The SMILES string of the molecule is COCCCCNC(=O)c1cc(C2CC2)n(C2CCS(=O)(=O)C2)n1. The number of unbranched alkanes of at least 4 members (excludes halogenated alkanes) is 1. The molecule has 0 bridgehead atoms. The Labute approximate surface area is 142 Å². The lowest BCUT2D eigenvalue weighted by Crippen LogP contribution is -2.25. The molecule has 1 saturated heterocycles. The molecule has 1 aliphatic carbocycles. The number of rotatable bonds is 8. The maximum absolute atomic E-state index is 12.3. The standard InChI is InChI=1S/C16H25N3O4S/c1-23-8-3-2-7-17-16(20)14-10-15(12-4-5-12)19(18-14)13-6-9-24(21,22)11-13/h10,12-13H,2-9,11H2,1H3,(H,17,20). The quantitative estimate of drug-likeness (QED) is 0.709. The summed E-state index contributed by atoms with van der Waals surface area (Å²) < 4.78 is 30.3. The summed E-state index contributed by atoms with van der Waals surface area (Å²) in [7, 11) is -1.31. The summed E-state index contributed by atoms with van der Waals surface area (Å²) in [6, 6.07) is 1.71. The van der Waals surface area contributed by atoms with Gasteiger partial charge in [0.2, 0.25) is 0 Å². The second-order valence-electron chi connectivity index (χ2n) is 6.69. The number of methoxy groups -OCH3 is 1. The van der Waals surface area contributed by atoms with Gasteiger partial charge in [-0.15, -0.1) is 0 Å². The normalized spacial score (nSPS) is 22.6. The van der Waals surface area contributed by atoms with Gasteiger partial charge in [-0.3, -0.25) is 9.48 Å². The van der Waals surface area contributed by atoms with Gasteiger partial charge in [0.25, 0.3) is 5.91 Å². The lowest BCUT2D eigenvalue weighted by Gasteiger charge is -2.12. The molecule has 8 heteroatoms. The van der Waals surface area contributed by atoms with Crippen LogP contribution in [0.2, 0.25) is 0 Å². The van der Waals surface area contributed by atoms with Crippen LogP contribution in [0.15, 0.2) is 6.07 Å². The number of nitrogens with one attached hydrogen (secondary N) is 1. The Morgan fingerprint density at radius 3 is 2.79 bits per heavy atom. The maximum atomic E-state index is 12.3. The molecule has 1 aliphatic heterocycles. The average Bonchev–Trinajstić information content (AvgIpc) is 3.18. The molecule has 1 N–H and O–H groups in total. The third-order valence-electron chi connectivity index (χ3n) is 4.61. The Kier molecular flexibility index (Phi) is 5.24. The second kappa shape index (κ2) is 7.23. The summed E-state index contributed by atoms with van der Waals surface area (Å²) >= 11 is 0. The van der Waals surface area contributed by atoms with Crippen molar-refractivity contribution >= 4 is 15.7 Å². The lowest BCUT2D eigenvalue weighted by molar-refractivity contribution is 0.0945. The Morgan fingerprint density at radius 1 is 1.38 bits per heavy atom. The number of hydrogen-bond acceptors (Lipinski definition) is 5. The van der Waals surface area contributed by atoms with Crippen LogP contribution in [0.25, 0.3) is 0 Å². The van der Waals surface area contributed by atoms with Crippen molar-refractivity contribution in [2.75, 3.05) is 31.8 Å². The predicted molar refractivity (Wildman–Crippen MR) is 90.0 cm³/mol. The van der Waals surface area contributed by atoms with Crippen LogP contribution in [0.3, 0.4) is 0 Å². The first kappa shape index (κ1) is 17.4. The smallest absolute Gasteiger partial charge is 0.271 e. The van der Waals surface area contributed by atoms with Gasteiger partial charge < -0.3 is 10.1 Å². The van der Waals surface area contributed by atoms with E-state index in [9.17, 15) is 13.2 Å². The fraction of sp³-hybridized carbons (Fsp3) is 0.750. The molecule has 1 saturated carbocycles. The molecule has 1 aromatic heterocycles. The van der Waals surface area contributed by atoms with Gasteiger partial charge in [0, 0.05) is 31.9 Å². The molecular weight excluding hydrogens is 330 g/mol. The zero-order valence-corrected chi connectivity index (χ0v) is 14.8. The summed E-state index contributed by atoms with van der Waals surface area (Å²) in [6.45, 7) is 1.28. The molecular formula is C16H25N3O4S. The molecule has 2 heterocycles. The Bertz CT molecular complexity index is 694. The van der Waals surface area contributed by atoms with E-state index in [2.05, 4.69) is 10.4 Å². The number of ether oxygens (including phenoxy) is 1. The van der Waals surface area contributed by atoms with Crippen molar-refractivity contribution in [3.63, 3.8) is 0 Å². The monoisotopic (exact) mass is 355 g/mol. The summed E-state index contributed by atoms with van der Waals surface area (Å²) in [4.78, 5) is 12.3. The number of hydrogen-bond donors (Lipinski definition) is 1. The first-order chi connectivity index (χ1) is 11.5. The molecule has 134 valence electrons. The summed E-state index contributed by atoms with van der Waals surface area (Å²) in [5.41, 5.74) is 1.41. The molecule has 1 aromatic rings. The fourth-order valence-corrected chi connectivity index (χ4v) is 4.82. The molecule has 1 atom stereocenters. The number of nitrogens with zero attached hydrogens (tertiary/aromatic N) is 2. The highest BCUT2D eigenvalue weighted by Gasteiger charge is 2.36. The van der Waals surface area contributed by atoms with Crippen LogP contribution in [0, 0.1) is 0 Å². The Balaban J connectivity index is 1.66. The van der Waals surface area contributed by atoms with Crippen molar-refractivity contribution in [3.8, 4) is 0 Å². The van der Waals surface area contributed by atoms with E-state index in [1.165, 1.54) is 0 Å². The molecule has 24 heavy (non-hydrogen) atoms. The number of aromatic nitrogens is 2. The summed E-state index contributed by atoms with van der Waals surface area (Å²) in [5.74, 6) is 0.577. The van der Waals surface area contributed by atoms with Crippen LogP contribution < -0.4 is 5.32 Å². The van der Waals surface area contributed by atoms with Gasteiger partial charge >= 0.3 is 0 Å². The Hall–Kier alpha value is -1.41. The number of sulfone groups is 1. The van der Waals surface area contributed by atoms with Crippen LogP contribution in [-0.4, -0.2) is 55.9 Å². The van der Waals surface area contributed by atoms with Crippen LogP contribution in [-0.2, 0) is 14.6 Å². The van der Waals surface area contributed by atoms with E-state index in [4.69, 9.17) is 4.74 Å². The third kappa shape index (κ3) is 4.16. The van der Waals surface area contributed by atoms with E-state index in [-0.39, 0.29) is 23.5 Å². The van der Waals surface area contributed by atoms with Gasteiger partial charge in [0.15, 0.2) is 9.84 Å². The molecule has 0 spiro atoms. The van der Waals surface area contributed by atoms with Gasteiger partial charge in [-0.2, -0.15) is 5.10 Å². The van der Waals surface area contributed by atoms with Crippen LogP contribution in [0.1, 0.15) is 60.2 Å². The number of carbonyl (C=O) groups is 1. The Morgan fingerprint density at radius 2 is 2.17 bits per heavy atom. The number of amides is 1. The topological polar surface area (TPSA) is 90.3 Å². The van der Waals surface area contributed by atoms with Gasteiger partial charge in [-0.05, 0) is 38.2 Å². The largest absolute Gasteiger partial charge is 0.385 e. The first-order valence-corrected chi connectivity index (χ1v) is 10.4. The van der Waals surface area contributed by atoms with Crippen molar-refractivity contribution in [2.24, 2.45) is 0 Å². The summed E-state index contributed by atoms with van der Waals surface area (Å²) in [5, 5.41) is 7.33. The van der Waals surface area contributed by atoms with E-state index >= 15 is 0 Å². The first-order valence-electron chi connectivity index (χ1n) is 8.57. The molecule has 7 nitrogen and oxygen atoms in total. The highest BCUT2D eigenvalue weighted by molar-refractivity contribution is 7.91. The van der Waals surface area contributed by atoms with E-state index in [0.29, 0.717) is 31.2 Å². The molecule has 1 amide bonds. The van der Waals surface area contributed by atoms with Crippen molar-refractivity contribution < 1.29 is 17.9 Å². The van der Waals surface area contributed by atoms with E-state index in [1.54, 1.807) is 7.11 Å². The zero-order valence-electron chi connectivity index (χ0n) is 14.0. The molecule has 0 radical (unpaired) electrons. The van der Waals surface area contributed by atoms with Crippen LogP contribution in [0.5, 0.6) is 0 Å². The van der Waals surface area contributed by atoms with Gasteiger partial charge in [-0.25, -0.2) is 8.42 Å². The van der Waals surface area contributed by atoms with Crippen molar-refractivity contribution in [2.45, 2.75) is 44.1 Å². The molecule has 3 rings (SSSR count). The predicted octanol–water partition coefficient (Wildman–Crippen LogP) is 1.28. The third-order valence-corrected chi connectivity index (χ3v) is 6.36. The van der Waals surface area contributed by atoms with Gasteiger partial charge in [0.1, 0.15) is 5.69 Å². The zero-order chi connectivity index (χ0) is 17.2. The van der Waals surface area contributed by atoms with E-state index in [0.717, 1.165) is 31.4 Å². The highest BCUT2D eigenvalue weighted by Crippen LogP contribution is 2.42. The molecule has 0 aromatic carbocycles. The van der Waals surface area contributed by atoms with E-state index < -0.39 is 9.84 Å². The minimum absolute atomic E-state index is 0.131. The minimum Gasteiger partial charge on any atom is -0.385 e.